The molecule has 0 spiro atoms. The van der Waals surface area contributed by atoms with Crippen LogP contribution in [0.5, 0.6) is 0 Å². The average molecular weight is 287 g/mol. The van der Waals surface area contributed by atoms with Gasteiger partial charge in [0.15, 0.2) is 0 Å². The highest BCUT2D eigenvalue weighted by molar-refractivity contribution is 9.10. The quantitative estimate of drug-likeness (QED) is 0.829. The summed E-state index contributed by atoms with van der Waals surface area (Å²) in [6, 6.07) is 0. The number of unbranched alkanes of at least 4 members (excludes halogenated alkanes) is 1. The summed E-state index contributed by atoms with van der Waals surface area (Å²) < 4.78 is 5.43. The molecular formula is C12H19BrN2O. The van der Waals surface area contributed by atoms with E-state index in [-0.39, 0.29) is 0 Å². The lowest BCUT2D eigenvalue weighted by Crippen LogP contribution is -2.13. The first-order valence-electron chi connectivity index (χ1n) is 6.28. The van der Waals surface area contributed by atoms with Gasteiger partial charge in [0, 0.05) is 21.8 Å². The van der Waals surface area contributed by atoms with E-state index in [1.807, 2.05) is 0 Å². The maximum Gasteiger partial charge on any atom is 0.284 e. The second-order valence-corrected chi connectivity index (χ2v) is 5.43. The van der Waals surface area contributed by atoms with Crippen LogP contribution in [0.1, 0.15) is 63.7 Å². The van der Waals surface area contributed by atoms with Crippen molar-refractivity contribution in [2.24, 2.45) is 5.92 Å². The van der Waals surface area contributed by atoms with Crippen LogP contribution in [-0.2, 0) is 0 Å². The molecule has 90 valence electrons. The molecule has 1 aromatic heterocycles. The molecule has 0 aliphatic heterocycles. The van der Waals surface area contributed by atoms with Gasteiger partial charge in [-0.25, -0.2) is 0 Å². The van der Waals surface area contributed by atoms with Crippen LogP contribution < -0.4 is 0 Å². The van der Waals surface area contributed by atoms with Crippen molar-refractivity contribution in [3.63, 3.8) is 0 Å². The lowest BCUT2D eigenvalue weighted by atomic mass is 9.80. The molecule has 0 aromatic carbocycles. The van der Waals surface area contributed by atoms with E-state index in [0.29, 0.717) is 10.7 Å². The van der Waals surface area contributed by atoms with Crippen molar-refractivity contribution in [1.29, 1.82) is 0 Å². The van der Waals surface area contributed by atoms with E-state index in [1.54, 1.807) is 0 Å². The van der Waals surface area contributed by atoms with E-state index in [9.17, 15) is 0 Å². The van der Waals surface area contributed by atoms with Gasteiger partial charge in [-0.15, -0.1) is 10.2 Å². The maximum absolute atomic E-state index is 5.43. The summed E-state index contributed by atoms with van der Waals surface area (Å²) in [6.45, 7) is 2.27. The molecule has 1 aliphatic rings. The predicted molar refractivity (Wildman–Crippen MR) is 66.2 cm³/mol. The molecule has 2 rings (SSSR count). The van der Waals surface area contributed by atoms with Crippen molar-refractivity contribution in [2.45, 2.75) is 57.8 Å². The molecule has 16 heavy (non-hydrogen) atoms. The summed E-state index contributed by atoms with van der Waals surface area (Å²) in [5.41, 5.74) is 0. The SMILES string of the molecule is CCCCC1CCC(c2nnc(Br)o2)CC1. The highest BCUT2D eigenvalue weighted by atomic mass is 79.9. The molecule has 1 heterocycles. The largest absolute Gasteiger partial charge is 0.415 e. The van der Waals surface area contributed by atoms with Crippen LogP contribution in [0, 0.1) is 5.92 Å². The molecule has 0 unspecified atom stereocenters. The van der Waals surface area contributed by atoms with Crippen molar-refractivity contribution in [3.05, 3.63) is 10.7 Å². The van der Waals surface area contributed by atoms with Crippen LogP contribution in [0.4, 0.5) is 0 Å². The highest BCUT2D eigenvalue weighted by Crippen LogP contribution is 2.37. The van der Waals surface area contributed by atoms with E-state index in [1.165, 1.54) is 44.9 Å². The van der Waals surface area contributed by atoms with Crippen LogP contribution >= 0.6 is 15.9 Å². The van der Waals surface area contributed by atoms with Gasteiger partial charge in [0.2, 0.25) is 5.89 Å². The van der Waals surface area contributed by atoms with Gasteiger partial charge in [0.05, 0.1) is 0 Å². The van der Waals surface area contributed by atoms with Gasteiger partial charge in [-0.1, -0.05) is 26.2 Å². The second-order valence-electron chi connectivity index (χ2n) is 4.75. The fraction of sp³-hybridized carbons (Fsp3) is 0.833. The van der Waals surface area contributed by atoms with Gasteiger partial charge in [-0.2, -0.15) is 0 Å². The number of hydrogen-bond acceptors (Lipinski definition) is 3. The zero-order chi connectivity index (χ0) is 11.4. The Bertz CT molecular complexity index is 319. The normalized spacial score (nSPS) is 25.9. The third kappa shape index (κ3) is 3.06. The third-order valence-electron chi connectivity index (χ3n) is 3.58. The number of aromatic nitrogens is 2. The number of nitrogens with zero attached hydrogens (tertiary/aromatic N) is 2. The Hall–Kier alpha value is -0.380. The molecule has 3 nitrogen and oxygen atoms in total. The Morgan fingerprint density at radius 2 is 2.00 bits per heavy atom. The summed E-state index contributed by atoms with van der Waals surface area (Å²) in [7, 11) is 0. The molecule has 0 amide bonds. The average Bonchev–Trinajstić information content (AvgIpc) is 2.74. The van der Waals surface area contributed by atoms with Gasteiger partial charge in [-0.3, -0.25) is 0 Å². The molecular weight excluding hydrogens is 268 g/mol. The molecule has 4 heteroatoms. The maximum atomic E-state index is 5.43. The van der Waals surface area contributed by atoms with Crippen molar-refractivity contribution in [3.8, 4) is 0 Å². The van der Waals surface area contributed by atoms with Crippen LogP contribution in [0.3, 0.4) is 0 Å². The van der Waals surface area contributed by atoms with Crippen molar-refractivity contribution >= 4 is 15.9 Å². The molecule has 1 fully saturated rings. The third-order valence-corrected chi connectivity index (χ3v) is 3.90. The van der Waals surface area contributed by atoms with E-state index in [0.717, 1.165) is 11.8 Å². The molecule has 1 saturated carbocycles. The minimum atomic E-state index is 0.497. The molecule has 1 aromatic rings. The second kappa shape index (κ2) is 5.80. The number of rotatable bonds is 4. The van der Waals surface area contributed by atoms with E-state index in [2.05, 4.69) is 33.1 Å². The Morgan fingerprint density at radius 3 is 2.56 bits per heavy atom. The van der Waals surface area contributed by atoms with Gasteiger partial charge in [0.25, 0.3) is 4.80 Å². The first-order valence-corrected chi connectivity index (χ1v) is 7.07. The standard InChI is InChI=1S/C12H19BrN2O/c1-2-3-4-9-5-7-10(8-6-9)11-14-15-12(13)16-11/h9-10H,2-8H2,1H3. The molecule has 0 saturated heterocycles. The summed E-state index contributed by atoms with van der Waals surface area (Å²) in [4.78, 5) is 0.510. The summed E-state index contributed by atoms with van der Waals surface area (Å²) in [5.74, 6) is 2.25. The Balaban J connectivity index is 1.81. The van der Waals surface area contributed by atoms with E-state index < -0.39 is 0 Å². The minimum absolute atomic E-state index is 0.497. The van der Waals surface area contributed by atoms with Crippen LogP contribution in [0.15, 0.2) is 9.22 Å². The van der Waals surface area contributed by atoms with Crippen molar-refractivity contribution < 1.29 is 4.42 Å². The zero-order valence-electron chi connectivity index (χ0n) is 9.79. The van der Waals surface area contributed by atoms with E-state index in [4.69, 9.17) is 4.42 Å². The summed E-state index contributed by atoms with van der Waals surface area (Å²) in [6.07, 6.45) is 9.16. The van der Waals surface area contributed by atoms with Crippen molar-refractivity contribution in [1.82, 2.24) is 10.2 Å². The lowest BCUT2D eigenvalue weighted by Gasteiger charge is -2.26. The summed E-state index contributed by atoms with van der Waals surface area (Å²) >= 11 is 3.20. The van der Waals surface area contributed by atoms with Gasteiger partial charge in [-0.05, 0) is 31.6 Å². The topological polar surface area (TPSA) is 38.9 Å². The predicted octanol–water partition coefficient (Wildman–Crippen LogP) is 4.30. The minimum Gasteiger partial charge on any atom is -0.415 e. The summed E-state index contributed by atoms with van der Waals surface area (Å²) in [5, 5.41) is 7.92. The first kappa shape index (κ1) is 12.1. The van der Waals surface area contributed by atoms with Crippen LogP contribution in [-0.4, -0.2) is 10.2 Å². The van der Waals surface area contributed by atoms with Crippen LogP contribution in [0.2, 0.25) is 0 Å². The lowest BCUT2D eigenvalue weighted by molar-refractivity contribution is 0.275. The number of halogens is 1. The number of hydrogen-bond donors (Lipinski definition) is 0. The van der Waals surface area contributed by atoms with Gasteiger partial charge < -0.3 is 4.42 Å². The molecule has 0 atom stereocenters. The Kier molecular flexibility index (Phi) is 4.38. The van der Waals surface area contributed by atoms with E-state index >= 15 is 0 Å². The van der Waals surface area contributed by atoms with Gasteiger partial charge in [0.1, 0.15) is 0 Å². The Labute approximate surface area is 105 Å². The van der Waals surface area contributed by atoms with Crippen LogP contribution in [0.25, 0.3) is 0 Å². The molecule has 0 N–H and O–H groups in total. The first-order chi connectivity index (χ1) is 7.79. The molecule has 0 radical (unpaired) electrons. The molecule has 0 bridgehead atoms. The fourth-order valence-electron chi connectivity index (χ4n) is 2.57. The monoisotopic (exact) mass is 286 g/mol. The van der Waals surface area contributed by atoms with Gasteiger partial charge >= 0.3 is 0 Å². The highest BCUT2D eigenvalue weighted by Gasteiger charge is 2.25. The Morgan fingerprint density at radius 1 is 1.25 bits per heavy atom. The fourth-order valence-corrected chi connectivity index (χ4v) is 2.82. The van der Waals surface area contributed by atoms with Crippen molar-refractivity contribution in [2.75, 3.05) is 0 Å². The zero-order valence-corrected chi connectivity index (χ0v) is 11.4. The molecule has 1 aliphatic carbocycles. The smallest absolute Gasteiger partial charge is 0.284 e.